The summed E-state index contributed by atoms with van der Waals surface area (Å²) < 4.78 is 2.26. The molecule has 0 bridgehead atoms. The van der Waals surface area contributed by atoms with Gasteiger partial charge in [-0.25, -0.2) is 4.98 Å². The number of rotatable bonds is 8. The zero-order valence-corrected chi connectivity index (χ0v) is 52.5. The molecule has 17 aromatic rings. The summed E-state index contributed by atoms with van der Waals surface area (Å²) in [6, 6.07) is 125. The van der Waals surface area contributed by atoms with Crippen molar-refractivity contribution in [3.8, 4) is 84.2 Å². The fraction of sp³-hybridized carbons (Fsp3) is 0. The average Bonchev–Trinajstić information content (AvgIpc) is 0.841. The molecule has 17 rings (SSSR count). The van der Waals surface area contributed by atoms with Crippen molar-refractivity contribution in [2.45, 2.75) is 0 Å². The average molecular weight is 1350 g/mol. The molecule has 0 amide bonds. The molecule has 436 valence electrons. The minimum Gasteiger partial charge on any atom is -0.305 e. The Morgan fingerprint density at radius 1 is 0.272 bits per heavy atom. The smallest absolute Gasteiger partial charge is 0.305 e. The molecule has 5 nitrogen and oxygen atoms in total. The number of hydrogen-bond acceptors (Lipinski definition) is 4. The summed E-state index contributed by atoms with van der Waals surface area (Å²) in [5.74, 6) is 0.933. The molecule has 92 heavy (non-hydrogen) atoms. The van der Waals surface area contributed by atoms with Crippen LogP contribution in [0.25, 0.3) is 138 Å². The zero-order chi connectivity index (χ0) is 61.0. The summed E-state index contributed by atoms with van der Waals surface area (Å²) in [5, 5.41) is 9.97. The van der Waals surface area contributed by atoms with Crippen LogP contribution < -0.4 is 0 Å². The molecule has 13 aromatic carbocycles. The van der Waals surface area contributed by atoms with E-state index in [0.717, 1.165) is 67.4 Å². The predicted molar refractivity (Wildman–Crippen MR) is 378 cm³/mol. The first kappa shape index (κ1) is 59.4. The van der Waals surface area contributed by atoms with Gasteiger partial charge in [-0.3, -0.25) is 4.57 Å². The van der Waals surface area contributed by atoms with E-state index in [9.17, 15) is 0 Å². The largest absolute Gasteiger partial charge is 3.00 e. The van der Waals surface area contributed by atoms with Gasteiger partial charge in [0.25, 0.3) is 0 Å². The first-order valence-electron chi connectivity index (χ1n) is 30.4. The van der Waals surface area contributed by atoms with E-state index in [1.807, 2.05) is 127 Å². The molecule has 0 fully saturated rings. The molecule has 0 atom stereocenters. The molecule has 0 spiro atoms. The molecule has 0 N–H and O–H groups in total. The number of imidazole rings is 1. The third kappa shape index (κ3) is 13.1. The van der Waals surface area contributed by atoms with Gasteiger partial charge in [-0.05, 0) is 154 Å². The van der Waals surface area contributed by atoms with Crippen LogP contribution in [0.2, 0.25) is 0 Å². The Morgan fingerprint density at radius 2 is 0.674 bits per heavy atom. The topological polar surface area (TPSA) is 56.5 Å². The third-order valence-electron chi connectivity index (χ3n) is 16.1. The number of pyridine rings is 3. The maximum atomic E-state index is 5.12. The van der Waals surface area contributed by atoms with E-state index in [-0.39, 0.29) is 20.1 Å². The summed E-state index contributed by atoms with van der Waals surface area (Å²) in [6.07, 6.45) is 5.36. The monoisotopic (exact) mass is 1350 g/mol. The molecule has 0 saturated heterocycles. The van der Waals surface area contributed by atoms with Crippen molar-refractivity contribution in [2.75, 3.05) is 0 Å². The number of benzene rings is 13. The van der Waals surface area contributed by atoms with Gasteiger partial charge in [0.2, 0.25) is 0 Å². The first-order chi connectivity index (χ1) is 45.2. The third-order valence-corrected chi connectivity index (χ3v) is 16.1. The van der Waals surface area contributed by atoms with Crippen molar-refractivity contribution >= 4 is 54.1 Å². The van der Waals surface area contributed by atoms with Gasteiger partial charge in [-0.1, -0.05) is 200 Å². The van der Waals surface area contributed by atoms with Crippen LogP contribution in [0.15, 0.2) is 352 Å². The van der Waals surface area contributed by atoms with Crippen LogP contribution in [-0.2, 0) is 20.1 Å². The molecule has 0 saturated carbocycles. The van der Waals surface area contributed by atoms with Crippen molar-refractivity contribution in [1.29, 1.82) is 0 Å². The fourth-order valence-corrected chi connectivity index (χ4v) is 11.8. The molecule has 0 aliphatic carbocycles. The van der Waals surface area contributed by atoms with Crippen LogP contribution in [-0.4, -0.2) is 24.5 Å². The molecule has 4 aromatic heterocycles. The fourth-order valence-electron chi connectivity index (χ4n) is 11.8. The van der Waals surface area contributed by atoms with Crippen molar-refractivity contribution in [3.05, 3.63) is 370 Å². The van der Waals surface area contributed by atoms with Crippen LogP contribution in [0.4, 0.5) is 0 Å². The van der Waals surface area contributed by atoms with Gasteiger partial charge in [0, 0.05) is 29.8 Å². The summed E-state index contributed by atoms with van der Waals surface area (Å²) in [4.78, 5) is 17.8. The Kier molecular flexibility index (Phi) is 18.3. The van der Waals surface area contributed by atoms with E-state index in [1.54, 1.807) is 18.6 Å². The van der Waals surface area contributed by atoms with Gasteiger partial charge in [0.05, 0.1) is 11.0 Å². The second-order valence-electron chi connectivity index (χ2n) is 21.8. The van der Waals surface area contributed by atoms with Crippen molar-refractivity contribution < 1.29 is 20.1 Å². The molecule has 0 unspecified atom stereocenters. The molecular formula is C86H58IrN5. The van der Waals surface area contributed by atoms with E-state index in [2.05, 4.69) is 244 Å². The molecule has 0 radical (unpaired) electrons. The zero-order valence-electron chi connectivity index (χ0n) is 50.1. The van der Waals surface area contributed by atoms with Crippen LogP contribution in [0.5, 0.6) is 0 Å². The maximum absolute atomic E-state index is 5.12. The van der Waals surface area contributed by atoms with Crippen LogP contribution in [0, 0.1) is 18.2 Å². The van der Waals surface area contributed by atoms with Crippen LogP contribution >= 0.6 is 0 Å². The Labute approximate surface area is 549 Å². The van der Waals surface area contributed by atoms with Gasteiger partial charge in [-0.2, -0.15) is 0 Å². The molecular weight excluding hydrogens is 1300 g/mol. The van der Waals surface area contributed by atoms with Gasteiger partial charge >= 0.3 is 20.1 Å². The molecule has 4 heterocycles. The Balaban J connectivity index is 0.000000167. The SMILES string of the molecule is [Ir+3].[c-]1ccccc1-c1ccccn1.[c-]1ccccc1-c1ccccn1.[c-]1ccccc1-c1ccccn1.c1ccc(-n2c(-c3ccc(-c4ccc5c(-c6ccc7ccccc7c6)c6ccccc6c(-c6ccc7ccccc7c6)c5c4)cc3)nc3ccccc32)cc1. The summed E-state index contributed by atoms with van der Waals surface area (Å²) in [5.41, 5.74) is 17.6. The predicted octanol–water partition coefficient (Wildman–Crippen LogP) is 22.0. The van der Waals surface area contributed by atoms with E-state index in [4.69, 9.17) is 4.98 Å². The molecule has 0 aliphatic rings. The molecule has 6 heteroatoms. The number of nitrogens with zero attached hydrogens (tertiary/aromatic N) is 5. The van der Waals surface area contributed by atoms with E-state index in [0.29, 0.717) is 0 Å². The van der Waals surface area contributed by atoms with Gasteiger partial charge in [0.15, 0.2) is 0 Å². The van der Waals surface area contributed by atoms with E-state index in [1.165, 1.54) is 70.9 Å². The summed E-state index contributed by atoms with van der Waals surface area (Å²) >= 11 is 0. The molecule has 0 aliphatic heterocycles. The maximum Gasteiger partial charge on any atom is 3.00 e. The van der Waals surface area contributed by atoms with Gasteiger partial charge in [-0.15, -0.1) is 108 Å². The number of hydrogen-bond donors (Lipinski definition) is 0. The van der Waals surface area contributed by atoms with Crippen LogP contribution in [0.1, 0.15) is 0 Å². The number of para-hydroxylation sites is 3. The van der Waals surface area contributed by atoms with Crippen molar-refractivity contribution in [3.63, 3.8) is 0 Å². The summed E-state index contributed by atoms with van der Waals surface area (Å²) in [6.45, 7) is 0. The minimum atomic E-state index is 0. The standard InChI is InChI=1S/C53H34N2.3C11H8N.Ir/c1-2-16-44(17-3-1)55-50-21-11-10-20-49(50)54-53(55)38-26-22-37(23-27-38)41-30-31-47-48(34-41)52(43-29-25-36-13-5-7-15-40(36)33-43)46-19-9-8-18-45(46)51(47)42-28-24-35-12-4-6-14-39(35)32-42;3*1-2-6-10(7-3-1)11-8-4-5-9-12-11;/h1-34H;3*1-6,8-9H;/q;3*-1;+3. The Morgan fingerprint density at radius 3 is 1.16 bits per heavy atom. The van der Waals surface area contributed by atoms with Gasteiger partial charge < -0.3 is 15.0 Å². The van der Waals surface area contributed by atoms with Crippen molar-refractivity contribution in [1.82, 2.24) is 24.5 Å². The van der Waals surface area contributed by atoms with E-state index < -0.39 is 0 Å². The number of aromatic nitrogens is 5. The van der Waals surface area contributed by atoms with Gasteiger partial charge in [0.1, 0.15) is 5.82 Å². The normalized spacial score (nSPS) is 10.7. The first-order valence-corrected chi connectivity index (χ1v) is 30.4. The Bertz CT molecular complexity index is 4950. The van der Waals surface area contributed by atoms with Crippen molar-refractivity contribution in [2.24, 2.45) is 0 Å². The number of fused-ring (bicyclic) bond motifs is 5. The van der Waals surface area contributed by atoms with E-state index >= 15 is 0 Å². The summed E-state index contributed by atoms with van der Waals surface area (Å²) in [7, 11) is 0. The quantitative estimate of drug-likeness (QED) is 0.112. The second kappa shape index (κ2) is 28.3. The van der Waals surface area contributed by atoms with Crippen LogP contribution in [0.3, 0.4) is 0 Å². The second-order valence-corrected chi connectivity index (χ2v) is 21.8. The Hall–Kier alpha value is -11.5. The minimum absolute atomic E-state index is 0.